The van der Waals surface area contributed by atoms with Crippen molar-refractivity contribution < 1.29 is 9.53 Å². The van der Waals surface area contributed by atoms with Gasteiger partial charge in [-0.3, -0.25) is 4.98 Å². The van der Waals surface area contributed by atoms with E-state index in [9.17, 15) is 4.79 Å². The molecule has 1 fully saturated rings. The summed E-state index contributed by atoms with van der Waals surface area (Å²) in [4.78, 5) is 17.8. The molecule has 2 heterocycles. The zero-order valence-electron chi connectivity index (χ0n) is 12.4. The molecule has 0 radical (unpaired) electrons. The van der Waals surface area contributed by atoms with Crippen LogP contribution in [0.15, 0.2) is 30.1 Å². The molecule has 20 heavy (non-hydrogen) atoms. The number of carbonyl (C=O) groups excluding carboxylic acids is 1. The number of amides is 1. The number of piperidine rings is 1. The fraction of sp³-hybridized carbons (Fsp3) is 0.500. The van der Waals surface area contributed by atoms with E-state index in [-0.39, 0.29) is 6.09 Å². The Morgan fingerprint density at radius 3 is 2.60 bits per heavy atom. The first kappa shape index (κ1) is 14.6. The molecule has 0 spiro atoms. The lowest BCUT2D eigenvalue weighted by molar-refractivity contribution is 0.0237. The van der Waals surface area contributed by atoms with E-state index in [1.165, 1.54) is 5.57 Å². The number of aromatic nitrogens is 1. The highest BCUT2D eigenvalue weighted by Crippen LogP contribution is 2.21. The molecule has 1 saturated heterocycles. The van der Waals surface area contributed by atoms with E-state index in [0.29, 0.717) is 0 Å². The highest BCUT2D eigenvalue weighted by molar-refractivity contribution is 5.68. The van der Waals surface area contributed by atoms with Crippen molar-refractivity contribution in [2.75, 3.05) is 13.1 Å². The maximum Gasteiger partial charge on any atom is 0.410 e. The van der Waals surface area contributed by atoms with Gasteiger partial charge in [0, 0.05) is 25.5 Å². The van der Waals surface area contributed by atoms with Crippen LogP contribution in [0.1, 0.15) is 39.2 Å². The molecule has 1 aliphatic heterocycles. The maximum atomic E-state index is 12.0. The molecule has 0 atom stereocenters. The lowest BCUT2D eigenvalue weighted by Crippen LogP contribution is -2.40. The average molecular weight is 274 g/mol. The van der Waals surface area contributed by atoms with Crippen LogP contribution in [-0.4, -0.2) is 34.7 Å². The van der Waals surface area contributed by atoms with Gasteiger partial charge in [-0.05, 0) is 45.2 Å². The van der Waals surface area contributed by atoms with Crippen molar-refractivity contribution in [2.24, 2.45) is 0 Å². The molecule has 2 rings (SSSR count). The van der Waals surface area contributed by atoms with Crippen LogP contribution >= 0.6 is 0 Å². The lowest BCUT2D eigenvalue weighted by atomic mass is 10.0. The Bertz CT molecular complexity index is 479. The van der Waals surface area contributed by atoms with Gasteiger partial charge in [-0.1, -0.05) is 17.7 Å². The summed E-state index contributed by atoms with van der Waals surface area (Å²) in [7, 11) is 0. The van der Waals surface area contributed by atoms with E-state index < -0.39 is 5.60 Å². The first-order chi connectivity index (χ1) is 9.44. The van der Waals surface area contributed by atoms with Crippen molar-refractivity contribution in [2.45, 2.75) is 39.2 Å². The molecule has 4 nitrogen and oxygen atoms in total. The quantitative estimate of drug-likeness (QED) is 0.787. The van der Waals surface area contributed by atoms with Gasteiger partial charge in [0.05, 0.1) is 0 Å². The highest BCUT2D eigenvalue weighted by atomic mass is 16.6. The molecule has 0 bridgehead atoms. The summed E-state index contributed by atoms with van der Waals surface area (Å²) in [5, 5.41) is 0. The average Bonchev–Trinajstić information content (AvgIpc) is 2.39. The van der Waals surface area contributed by atoms with Crippen LogP contribution in [-0.2, 0) is 4.74 Å². The van der Waals surface area contributed by atoms with Gasteiger partial charge in [-0.2, -0.15) is 0 Å². The third-order valence-corrected chi connectivity index (χ3v) is 3.11. The van der Waals surface area contributed by atoms with E-state index in [0.717, 1.165) is 31.5 Å². The van der Waals surface area contributed by atoms with E-state index in [4.69, 9.17) is 4.74 Å². The topological polar surface area (TPSA) is 42.4 Å². The number of likely N-dealkylation sites (tertiary alicyclic amines) is 1. The Balaban J connectivity index is 1.90. The largest absolute Gasteiger partial charge is 0.444 e. The van der Waals surface area contributed by atoms with Gasteiger partial charge in [-0.25, -0.2) is 4.79 Å². The smallest absolute Gasteiger partial charge is 0.410 e. The second kappa shape index (κ2) is 6.07. The summed E-state index contributed by atoms with van der Waals surface area (Å²) in [6.45, 7) is 7.12. The number of hydrogen-bond donors (Lipinski definition) is 0. The predicted molar refractivity (Wildman–Crippen MR) is 79.3 cm³/mol. The minimum atomic E-state index is -0.428. The molecule has 0 aromatic carbocycles. The summed E-state index contributed by atoms with van der Waals surface area (Å²) in [5.41, 5.74) is 2.05. The van der Waals surface area contributed by atoms with Crippen molar-refractivity contribution >= 4 is 12.2 Å². The summed E-state index contributed by atoms with van der Waals surface area (Å²) < 4.78 is 5.39. The van der Waals surface area contributed by atoms with Crippen molar-refractivity contribution in [1.29, 1.82) is 0 Å². The molecule has 108 valence electrons. The summed E-state index contributed by atoms with van der Waals surface area (Å²) in [5.74, 6) is 0. The van der Waals surface area contributed by atoms with Gasteiger partial charge in [0.15, 0.2) is 0 Å². The van der Waals surface area contributed by atoms with Crippen molar-refractivity contribution in [3.8, 4) is 0 Å². The molecule has 0 aliphatic carbocycles. The van der Waals surface area contributed by atoms with Crippen LogP contribution in [0.3, 0.4) is 0 Å². The van der Waals surface area contributed by atoms with Crippen LogP contribution in [0.5, 0.6) is 0 Å². The second-order valence-corrected chi connectivity index (χ2v) is 6.06. The molecular weight excluding hydrogens is 252 g/mol. The van der Waals surface area contributed by atoms with Crippen molar-refractivity contribution in [3.05, 3.63) is 35.7 Å². The molecule has 4 heteroatoms. The van der Waals surface area contributed by atoms with Crippen LogP contribution in [0.4, 0.5) is 4.79 Å². The van der Waals surface area contributed by atoms with Gasteiger partial charge in [0.2, 0.25) is 0 Å². The molecule has 1 aliphatic rings. The van der Waals surface area contributed by atoms with Gasteiger partial charge in [-0.15, -0.1) is 0 Å². The van der Waals surface area contributed by atoms with E-state index in [1.807, 2.05) is 39.1 Å². The molecule has 1 aromatic heterocycles. The summed E-state index contributed by atoms with van der Waals surface area (Å²) in [6, 6.07) is 3.97. The molecule has 0 unspecified atom stereocenters. The molecular formula is C16H22N2O2. The first-order valence-corrected chi connectivity index (χ1v) is 7.01. The van der Waals surface area contributed by atoms with Gasteiger partial charge >= 0.3 is 6.09 Å². The van der Waals surface area contributed by atoms with Gasteiger partial charge < -0.3 is 9.64 Å². The standard InChI is InChI=1S/C16H22N2O2/c1-16(2,3)20-15(19)18-9-6-13(7-10-18)11-14-5-4-8-17-12-14/h4-5,8,11-12H,6-7,9-10H2,1-3H3. The maximum absolute atomic E-state index is 12.0. The minimum absolute atomic E-state index is 0.210. The zero-order chi connectivity index (χ0) is 14.6. The fourth-order valence-corrected chi connectivity index (χ4v) is 2.14. The SMILES string of the molecule is CC(C)(C)OC(=O)N1CCC(=Cc2cccnc2)CC1. The number of carbonyl (C=O) groups is 1. The van der Waals surface area contributed by atoms with Gasteiger partial charge in [0.25, 0.3) is 0 Å². The monoisotopic (exact) mass is 274 g/mol. The van der Waals surface area contributed by atoms with Crippen LogP contribution in [0.25, 0.3) is 6.08 Å². The number of ether oxygens (including phenoxy) is 1. The number of nitrogens with zero attached hydrogens (tertiary/aromatic N) is 2. The minimum Gasteiger partial charge on any atom is -0.444 e. The third-order valence-electron chi connectivity index (χ3n) is 3.11. The molecule has 0 saturated carbocycles. The Labute approximate surface area is 120 Å². The molecule has 0 N–H and O–H groups in total. The third kappa shape index (κ3) is 4.37. The van der Waals surface area contributed by atoms with E-state index in [2.05, 4.69) is 11.1 Å². The Kier molecular flexibility index (Phi) is 4.42. The van der Waals surface area contributed by atoms with Crippen molar-refractivity contribution in [3.63, 3.8) is 0 Å². The second-order valence-electron chi connectivity index (χ2n) is 6.06. The number of rotatable bonds is 1. The van der Waals surface area contributed by atoms with Crippen LogP contribution in [0, 0.1) is 0 Å². The summed E-state index contributed by atoms with van der Waals surface area (Å²) in [6.07, 6.45) is 7.38. The van der Waals surface area contributed by atoms with Crippen molar-refractivity contribution in [1.82, 2.24) is 9.88 Å². The molecule has 1 aromatic rings. The fourth-order valence-electron chi connectivity index (χ4n) is 2.14. The lowest BCUT2D eigenvalue weighted by Gasteiger charge is -2.31. The Hall–Kier alpha value is -1.84. The first-order valence-electron chi connectivity index (χ1n) is 7.01. The predicted octanol–water partition coefficient (Wildman–Crippen LogP) is 3.50. The highest BCUT2D eigenvalue weighted by Gasteiger charge is 2.24. The van der Waals surface area contributed by atoms with E-state index in [1.54, 1.807) is 11.1 Å². The molecule has 1 amide bonds. The van der Waals surface area contributed by atoms with Crippen LogP contribution in [0.2, 0.25) is 0 Å². The number of hydrogen-bond acceptors (Lipinski definition) is 3. The normalized spacial score (nSPS) is 15.9. The summed E-state index contributed by atoms with van der Waals surface area (Å²) >= 11 is 0. The van der Waals surface area contributed by atoms with E-state index >= 15 is 0 Å². The zero-order valence-corrected chi connectivity index (χ0v) is 12.4. The van der Waals surface area contributed by atoms with Crippen LogP contribution < -0.4 is 0 Å². The van der Waals surface area contributed by atoms with Gasteiger partial charge in [0.1, 0.15) is 5.60 Å². The Morgan fingerprint density at radius 2 is 2.05 bits per heavy atom. The number of pyridine rings is 1. The Morgan fingerprint density at radius 1 is 1.35 bits per heavy atom.